The summed E-state index contributed by atoms with van der Waals surface area (Å²) in [7, 11) is 5.87. The van der Waals surface area contributed by atoms with Crippen LogP contribution in [-0.2, 0) is 4.79 Å². The average Bonchev–Trinajstić information content (AvgIpc) is 2.26. The Bertz CT molecular complexity index is 347. The summed E-state index contributed by atoms with van der Waals surface area (Å²) in [5.74, 6) is -0.767. The second-order valence-corrected chi connectivity index (χ2v) is 3.98. The highest BCUT2D eigenvalue weighted by Gasteiger charge is 2.04. The van der Waals surface area contributed by atoms with E-state index in [9.17, 15) is 4.79 Å². The van der Waals surface area contributed by atoms with Gasteiger partial charge in [-0.05, 0) is 24.3 Å². The van der Waals surface area contributed by atoms with Crippen molar-refractivity contribution in [3.63, 3.8) is 0 Å². The van der Waals surface area contributed by atoms with Gasteiger partial charge in [-0.25, -0.2) is 0 Å². The van der Waals surface area contributed by atoms with E-state index < -0.39 is 5.97 Å². The summed E-state index contributed by atoms with van der Waals surface area (Å²) < 4.78 is 0. The van der Waals surface area contributed by atoms with Crippen molar-refractivity contribution in [2.24, 2.45) is 0 Å². The summed E-state index contributed by atoms with van der Waals surface area (Å²) in [6, 6.07) is 8.04. The highest BCUT2D eigenvalue weighted by Crippen LogP contribution is 2.18. The molecular formula is C12H18N2O2. The first kappa shape index (κ1) is 12.4. The number of anilines is 2. The van der Waals surface area contributed by atoms with Crippen molar-refractivity contribution in [1.29, 1.82) is 0 Å². The van der Waals surface area contributed by atoms with Gasteiger partial charge in [-0.15, -0.1) is 0 Å². The lowest BCUT2D eigenvalue weighted by Gasteiger charge is -2.19. The Kier molecular flexibility index (Phi) is 4.17. The number of carbonyl (C=O) groups is 1. The Hall–Kier alpha value is -1.71. The summed E-state index contributed by atoms with van der Waals surface area (Å²) in [5, 5.41) is 8.59. The highest BCUT2D eigenvalue weighted by molar-refractivity contribution is 5.67. The van der Waals surface area contributed by atoms with Gasteiger partial charge in [-0.1, -0.05) is 0 Å². The summed E-state index contributed by atoms with van der Waals surface area (Å²) in [5.41, 5.74) is 2.17. The van der Waals surface area contributed by atoms with Crippen molar-refractivity contribution >= 4 is 17.3 Å². The van der Waals surface area contributed by atoms with Crippen molar-refractivity contribution in [3.05, 3.63) is 24.3 Å². The van der Waals surface area contributed by atoms with E-state index in [1.54, 1.807) is 0 Å². The third kappa shape index (κ3) is 3.46. The fraction of sp³-hybridized carbons (Fsp3) is 0.417. The first-order valence-corrected chi connectivity index (χ1v) is 5.21. The summed E-state index contributed by atoms with van der Waals surface area (Å²) >= 11 is 0. The number of carboxylic acid groups (broad SMARTS) is 1. The van der Waals surface area contributed by atoms with Crippen LogP contribution in [0.25, 0.3) is 0 Å². The molecule has 0 saturated heterocycles. The number of hydrogen-bond acceptors (Lipinski definition) is 3. The molecule has 88 valence electrons. The van der Waals surface area contributed by atoms with Gasteiger partial charge in [0.15, 0.2) is 0 Å². The minimum atomic E-state index is -0.767. The molecule has 0 aliphatic rings. The predicted octanol–water partition coefficient (Wildman–Crippen LogP) is 1.66. The minimum Gasteiger partial charge on any atom is -0.481 e. The van der Waals surface area contributed by atoms with Crippen LogP contribution >= 0.6 is 0 Å². The molecule has 0 aliphatic carbocycles. The Morgan fingerprint density at radius 1 is 1.12 bits per heavy atom. The minimum absolute atomic E-state index is 0.159. The monoisotopic (exact) mass is 222 g/mol. The zero-order valence-electron chi connectivity index (χ0n) is 9.97. The number of nitrogens with zero attached hydrogens (tertiary/aromatic N) is 2. The molecule has 0 atom stereocenters. The molecule has 0 spiro atoms. The number of hydrogen-bond donors (Lipinski definition) is 1. The van der Waals surface area contributed by atoms with E-state index in [1.165, 1.54) is 0 Å². The summed E-state index contributed by atoms with van der Waals surface area (Å²) in [4.78, 5) is 14.4. The maximum absolute atomic E-state index is 10.4. The lowest BCUT2D eigenvalue weighted by molar-refractivity contribution is -0.136. The van der Waals surface area contributed by atoms with Crippen molar-refractivity contribution < 1.29 is 9.90 Å². The van der Waals surface area contributed by atoms with E-state index in [4.69, 9.17) is 5.11 Å². The molecule has 0 aliphatic heterocycles. The van der Waals surface area contributed by atoms with E-state index in [0.717, 1.165) is 11.4 Å². The molecule has 0 saturated carbocycles. The van der Waals surface area contributed by atoms with E-state index >= 15 is 0 Å². The van der Waals surface area contributed by atoms with Gasteiger partial charge in [-0.2, -0.15) is 0 Å². The molecule has 1 N–H and O–H groups in total. The topological polar surface area (TPSA) is 43.8 Å². The summed E-state index contributed by atoms with van der Waals surface area (Å²) in [6.07, 6.45) is 0.159. The van der Waals surface area contributed by atoms with Crippen LogP contribution in [0, 0.1) is 0 Å². The SMILES string of the molecule is CN(C)c1ccc(N(C)CCC(=O)O)cc1. The third-order valence-electron chi connectivity index (χ3n) is 2.47. The maximum Gasteiger partial charge on any atom is 0.305 e. The fourth-order valence-electron chi connectivity index (χ4n) is 1.40. The Morgan fingerprint density at radius 3 is 2.06 bits per heavy atom. The second-order valence-electron chi connectivity index (χ2n) is 3.98. The highest BCUT2D eigenvalue weighted by atomic mass is 16.4. The number of aliphatic carboxylic acids is 1. The van der Waals surface area contributed by atoms with Gasteiger partial charge >= 0.3 is 5.97 Å². The molecule has 0 unspecified atom stereocenters. The van der Waals surface area contributed by atoms with Gasteiger partial charge in [0, 0.05) is 39.1 Å². The normalized spacial score (nSPS) is 9.94. The van der Waals surface area contributed by atoms with E-state index in [2.05, 4.69) is 0 Å². The molecule has 1 aromatic rings. The van der Waals surface area contributed by atoms with Gasteiger partial charge in [0.2, 0.25) is 0 Å². The molecule has 16 heavy (non-hydrogen) atoms. The molecule has 0 heterocycles. The number of benzene rings is 1. The summed E-state index contributed by atoms with van der Waals surface area (Å²) in [6.45, 7) is 0.524. The smallest absolute Gasteiger partial charge is 0.305 e. The lowest BCUT2D eigenvalue weighted by atomic mass is 10.2. The molecule has 0 bridgehead atoms. The zero-order valence-corrected chi connectivity index (χ0v) is 9.97. The van der Waals surface area contributed by atoms with Crippen molar-refractivity contribution in [3.8, 4) is 0 Å². The Labute approximate surface area is 96.1 Å². The maximum atomic E-state index is 10.4. The molecule has 0 fully saturated rings. The van der Waals surface area contributed by atoms with Crippen LogP contribution in [0.4, 0.5) is 11.4 Å². The van der Waals surface area contributed by atoms with Gasteiger partial charge in [0.1, 0.15) is 0 Å². The molecule has 0 amide bonds. The number of rotatable bonds is 5. The number of carboxylic acids is 1. The van der Waals surface area contributed by atoms with Gasteiger partial charge in [0.25, 0.3) is 0 Å². The lowest BCUT2D eigenvalue weighted by Crippen LogP contribution is -2.21. The zero-order chi connectivity index (χ0) is 12.1. The largest absolute Gasteiger partial charge is 0.481 e. The van der Waals surface area contributed by atoms with E-state index in [0.29, 0.717) is 6.54 Å². The first-order valence-electron chi connectivity index (χ1n) is 5.21. The van der Waals surface area contributed by atoms with Crippen LogP contribution in [0.15, 0.2) is 24.3 Å². The van der Waals surface area contributed by atoms with Gasteiger partial charge in [-0.3, -0.25) is 4.79 Å². The van der Waals surface area contributed by atoms with Crippen molar-refractivity contribution in [2.75, 3.05) is 37.5 Å². The van der Waals surface area contributed by atoms with Crippen LogP contribution in [0.3, 0.4) is 0 Å². The van der Waals surface area contributed by atoms with Crippen LogP contribution in [-0.4, -0.2) is 38.8 Å². The van der Waals surface area contributed by atoms with Crippen LogP contribution in [0.1, 0.15) is 6.42 Å². The molecular weight excluding hydrogens is 204 g/mol. The molecule has 1 aromatic carbocycles. The van der Waals surface area contributed by atoms with Crippen LogP contribution < -0.4 is 9.80 Å². The predicted molar refractivity (Wildman–Crippen MR) is 66.3 cm³/mol. The molecule has 0 aromatic heterocycles. The molecule has 4 heteroatoms. The Morgan fingerprint density at radius 2 is 1.62 bits per heavy atom. The van der Waals surface area contributed by atoms with E-state index in [-0.39, 0.29) is 6.42 Å². The molecule has 1 rings (SSSR count). The van der Waals surface area contributed by atoms with Crippen molar-refractivity contribution in [1.82, 2.24) is 0 Å². The van der Waals surface area contributed by atoms with Gasteiger partial charge in [0.05, 0.1) is 6.42 Å². The van der Waals surface area contributed by atoms with Crippen LogP contribution in [0.5, 0.6) is 0 Å². The molecule has 0 radical (unpaired) electrons. The Balaban J connectivity index is 2.62. The van der Waals surface area contributed by atoms with Crippen LogP contribution in [0.2, 0.25) is 0 Å². The second kappa shape index (κ2) is 5.39. The van der Waals surface area contributed by atoms with Crippen molar-refractivity contribution in [2.45, 2.75) is 6.42 Å². The standard InChI is InChI=1S/C12H18N2O2/c1-13(2)10-4-6-11(7-5-10)14(3)9-8-12(15)16/h4-7H,8-9H2,1-3H3,(H,15,16). The van der Waals surface area contributed by atoms with E-state index in [1.807, 2.05) is 55.2 Å². The van der Waals surface area contributed by atoms with Gasteiger partial charge < -0.3 is 14.9 Å². The fourth-order valence-corrected chi connectivity index (χ4v) is 1.40. The quantitative estimate of drug-likeness (QED) is 0.823. The first-order chi connectivity index (χ1) is 7.50. The molecule has 4 nitrogen and oxygen atoms in total. The average molecular weight is 222 g/mol. The third-order valence-corrected chi connectivity index (χ3v) is 2.47.